The average molecular weight is 721 g/mol. The number of amides is 1. The normalized spacial score (nSPS) is 39.8. The Bertz CT molecular complexity index is 1650. The zero-order chi connectivity index (χ0) is 36.6. The molecule has 8 heteroatoms. The molecule has 5 aliphatic carbocycles. The Morgan fingerprint density at radius 3 is 2.24 bits per heavy atom. The number of carbonyl (C=O) groups excluding carboxylic acids is 1. The second-order valence-corrected chi connectivity index (χ2v) is 21.5. The molecule has 4 saturated carbocycles. The number of carbonyl (C=O) groups is 2. The summed E-state index contributed by atoms with van der Waals surface area (Å²) in [5.74, 6) is 2.46. The molecule has 1 N–H and O–H groups in total. The van der Waals surface area contributed by atoms with Gasteiger partial charge in [0.15, 0.2) is 9.84 Å². The van der Waals surface area contributed by atoms with Crippen LogP contribution in [0.25, 0.3) is 5.57 Å². The second kappa shape index (κ2) is 13.0. The van der Waals surface area contributed by atoms with E-state index in [1.54, 1.807) is 19.1 Å². The number of carboxylic acids is 1. The van der Waals surface area contributed by atoms with Crippen LogP contribution in [0.4, 0.5) is 0 Å². The van der Waals surface area contributed by atoms with Crippen LogP contribution in [0.5, 0.6) is 0 Å². The quantitative estimate of drug-likeness (QED) is 0.291. The minimum absolute atomic E-state index is 0.00580. The molecule has 0 spiro atoms. The lowest BCUT2D eigenvalue weighted by atomic mass is 9.32. The predicted octanol–water partition coefficient (Wildman–Crippen LogP) is 8.20. The summed E-state index contributed by atoms with van der Waals surface area (Å²) in [6, 6.07) is 7.56. The van der Waals surface area contributed by atoms with Crippen molar-refractivity contribution in [2.45, 2.75) is 112 Å². The van der Waals surface area contributed by atoms with Gasteiger partial charge in [0, 0.05) is 33.1 Å². The molecule has 1 saturated heterocycles. The highest BCUT2D eigenvalue weighted by Crippen LogP contribution is 2.77. The van der Waals surface area contributed by atoms with Gasteiger partial charge in [0.25, 0.3) is 0 Å². The Morgan fingerprint density at radius 2 is 1.57 bits per heavy atom. The maximum absolute atomic E-state index is 13.1. The minimum Gasteiger partial charge on any atom is -0.478 e. The molecule has 7 rings (SSSR count). The van der Waals surface area contributed by atoms with Crippen LogP contribution in [0.1, 0.15) is 128 Å². The van der Waals surface area contributed by atoms with Gasteiger partial charge in [-0.1, -0.05) is 59.2 Å². The van der Waals surface area contributed by atoms with Crippen LogP contribution in [0, 0.1) is 50.7 Å². The molecule has 5 fully saturated rings. The average Bonchev–Trinajstić information content (AvgIpc) is 3.49. The van der Waals surface area contributed by atoms with Crippen LogP contribution >= 0.6 is 0 Å². The number of rotatable bonds is 8. The van der Waals surface area contributed by atoms with E-state index >= 15 is 0 Å². The zero-order valence-electron chi connectivity index (χ0n) is 32.3. The third kappa shape index (κ3) is 6.05. The number of aromatic carboxylic acids is 1. The number of allylic oxidation sites excluding steroid dienone is 2. The smallest absolute Gasteiger partial charge is 0.335 e. The van der Waals surface area contributed by atoms with Crippen molar-refractivity contribution in [3.05, 3.63) is 41.5 Å². The van der Waals surface area contributed by atoms with E-state index in [1.165, 1.54) is 68.9 Å². The summed E-state index contributed by atoms with van der Waals surface area (Å²) >= 11 is 0. The van der Waals surface area contributed by atoms with E-state index in [4.69, 9.17) is 0 Å². The number of sulfone groups is 1. The number of nitrogens with zero attached hydrogens (tertiary/aromatic N) is 2. The van der Waals surface area contributed by atoms with Crippen LogP contribution in [0.15, 0.2) is 30.3 Å². The van der Waals surface area contributed by atoms with Crippen molar-refractivity contribution in [3.8, 4) is 0 Å². The first-order valence-electron chi connectivity index (χ1n) is 20.2. The number of hydrogen-bond donors (Lipinski definition) is 1. The van der Waals surface area contributed by atoms with E-state index < -0.39 is 15.8 Å². The summed E-state index contributed by atoms with van der Waals surface area (Å²) in [4.78, 5) is 29.1. The lowest BCUT2D eigenvalue weighted by Gasteiger charge is -2.72. The molecule has 7 unspecified atom stereocenters. The van der Waals surface area contributed by atoms with Gasteiger partial charge in [-0.25, -0.2) is 13.2 Å². The summed E-state index contributed by atoms with van der Waals surface area (Å²) in [5.41, 5.74) is 3.93. The largest absolute Gasteiger partial charge is 0.478 e. The molecule has 1 aromatic rings. The molecule has 1 aliphatic heterocycles. The lowest BCUT2D eigenvalue weighted by Crippen LogP contribution is -2.65. The van der Waals surface area contributed by atoms with E-state index in [9.17, 15) is 23.1 Å². The van der Waals surface area contributed by atoms with Gasteiger partial charge in [-0.2, -0.15) is 0 Å². The maximum Gasteiger partial charge on any atom is 0.335 e. The number of hydrogen-bond acceptors (Lipinski definition) is 5. The molecule has 8 atom stereocenters. The molecule has 282 valence electrons. The van der Waals surface area contributed by atoms with Crippen molar-refractivity contribution in [1.82, 2.24) is 9.80 Å². The molecular weight excluding hydrogens is 657 g/mol. The fraction of sp³-hybridized carbons (Fsp3) is 0.767. The summed E-state index contributed by atoms with van der Waals surface area (Å²) in [6.45, 7) is 18.4. The van der Waals surface area contributed by atoms with E-state index in [1.807, 2.05) is 12.1 Å². The first kappa shape index (κ1) is 37.1. The van der Waals surface area contributed by atoms with Crippen molar-refractivity contribution < 1.29 is 23.1 Å². The van der Waals surface area contributed by atoms with E-state index in [-0.39, 0.29) is 39.1 Å². The summed E-state index contributed by atoms with van der Waals surface area (Å²) in [7, 11) is -2.88. The highest BCUT2D eigenvalue weighted by Gasteiger charge is 2.69. The lowest BCUT2D eigenvalue weighted by molar-refractivity contribution is -0.224. The van der Waals surface area contributed by atoms with Crippen LogP contribution in [0.2, 0.25) is 0 Å². The van der Waals surface area contributed by atoms with E-state index in [0.717, 1.165) is 32.5 Å². The van der Waals surface area contributed by atoms with E-state index in [2.05, 4.69) is 50.5 Å². The second-order valence-electron chi connectivity index (χ2n) is 19.2. The van der Waals surface area contributed by atoms with Gasteiger partial charge in [-0.15, -0.1) is 0 Å². The van der Waals surface area contributed by atoms with Crippen LogP contribution in [0.3, 0.4) is 0 Å². The first-order valence-corrected chi connectivity index (χ1v) is 22.0. The molecule has 6 aliphatic rings. The zero-order valence-corrected chi connectivity index (χ0v) is 33.1. The first-order chi connectivity index (χ1) is 24.0. The van der Waals surface area contributed by atoms with Crippen molar-refractivity contribution in [2.75, 3.05) is 44.2 Å². The Labute approximate surface area is 307 Å². The van der Waals surface area contributed by atoms with Crippen molar-refractivity contribution in [1.29, 1.82) is 0 Å². The van der Waals surface area contributed by atoms with Gasteiger partial charge in [-0.05, 0) is 145 Å². The van der Waals surface area contributed by atoms with Crippen LogP contribution in [-0.4, -0.2) is 79.4 Å². The Morgan fingerprint density at radius 1 is 0.863 bits per heavy atom. The van der Waals surface area contributed by atoms with Crippen molar-refractivity contribution in [2.24, 2.45) is 50.7 Å². The Balaban J connectivity index is 1.08. The minimum atomic E-state index is -2.88. The van der Waals surface area contributed by atoms with Gasteiger partial charge < -0.3 is 14.9 Å². The summed E-state index contributed by atoms with van der Waals surface area (Å²) in [5, 5.41) is 9.48. The number of fused-ring (bicyclic) bond motifs is 7. The summed E-state index contributed by atoms with van der Waals surface area (Å²) < 4.78 is 23.8. The third-order valence-electron chi connectivity index (χ3n) is 16.9. The molecule has 0 radical (unpaired) electrons. The SMILES string of the molecule is CC(=O)N(CCCN1CCS(=O)(=O)CC1)CC12CCCC1C1CCC3C4(C)CC=C(c5ccc(C(=O)O)cc5)C(C)(C)C4CCC3(C)[C@]1(C)CC2. The molecule has 7 nitrogen and oxygen atoms in total. The standard InChI is InChI=1S/C43H64N2O5S/c1-30(46)45(24-8-23-44-25-27-51(49,50)28-26-44)29-43-18-7-9-35(43)34-14-15-37-40(4)19-16-33(31-10-12-32(13-11-31)38(47)48)39(2,3)36(40)17-20-42(37,6)41(34,5)21-22-43/h10-13,16,34-37H,7-9,14-15,17-29H2,1-6H3,(H,47,48)/t34?,35?,36?,37?,40?,41-,42?,43?/m1/s1. The predicted molar refractivity (Wildman–Crippen MR) is 204 cm³/mol. The topological polar surface area (TPSA) is 95.0 Å². The van der Waals surface area contributed by atoms with Crippen molar-refractivity contribution >= 4 is 27.3 Å². The molecule has 1 amide bonds. The monoisotopic (exact) mass is 720 g/mol. The van der Waals surface area contributed by atoms with Gasteiger partial charge >= 0.3 is 5.97 Å². The molecule has 0 bridgehead atoms. The van der Waals surface area contributed by atoms with Crippen LogP contribution in [-0.2, 0) is 14.6 Å². The molecule has 51 heavy (non-hydrogen) atoms. The van der Waals surface area contributed by atoms with Gasteiger partial charge in [0.1, 0.15) is 0 Å². The third-order valence-corrected chi connectivity index (χ3v) is 18.5. The van der Waals surface area contributed by atoms with Crippen molar-refractivity contribution in [3.63, 3.8) is 0 Å². The van der Waals surface area contributed by atoms with Gasteiger partial charge in [0.2, 0.25) is 5.91 Å². The number of carboxylic acid groups (broad SMARTS) is 1. The van der Waals surface area contributed by atoms with Gasteiger partial charge in [-0.3, -0.25) is 4.79 Å². The Kier molecular flexibility index (Phi) is 9.46. The highest BCUT2D eigenvalue weighted by atomic mass is 32.2. The van der Waals surface area contributed by atoms with E-state index in [0.29, 0.717) is 47.7 Å². The Hall–Kier alpha value is -2.19. The highest BCUT2D eigenvalue weighted by molar-refractivity contribution is 7.91. The molecular formula is C43H64N2O5S. The number of benzene rings is 1. The van der Waals surface area contributed by atoms with Crippen LogP contribution < -0.4 is 0 Å². The molecule has 1 heterocycles. The fourth-order valence-electron chi connectivity index (χ4n) is 14.1. The molecule has 0 aromatic heterocycles. The summed E-state index contributed by atoms with van der Waals surface area (Å²) in [6.07, 6.45) is 15.9. The fourth-order valence-corrected chi connectivity index (χ4v) is 15.3. The maximum atomic E-state index is 13.1. The molecule has 1 aromatic carbocycles. The van der Waals surface area contributed by atoms with Gasteiger partial charge in [0.05, 0.1) is 17.1 Å².